The van der Waals surface area contributed by atoms with Crippen molar-refractivity contribution in [1.82, 2.24) is 8.61 Å². The lowest BCUT2D eigenvalue weighted by Crippen LogP contribution is -2.50. The zero-order valence-electron chi connectivity index (χ0n) is 18.4. The summed E-state index contributed by atoms with van der Waals surface area (Å²) in [6.45, 7) is 2.94. The summed E-state index contributed by atoms with van der Waals surface area (Å²) in [4.78, 5) is -0.127. The van der Waals surface area contributed by atoms with Crippen molar-refractivity contribution in [2.75, 3.05) is 26.7 Å². The van der Waals surface area contributed by atoms with Crippen LogP contribution < -0.4 is 4.74 Å². The van der Waals surface area contributed by atoms with Gasteiger partial charge in [-0.1, -0.05) is 22.9 Å². The average Bonchev–Trinajstić information content (AvgIpc) is 2.75. The Bertz CT molecular complexity index is 1210. The summed E-state index contributed by atoms with van der Waals surface area (Å²) in [6, 6.07) is 8.35. The molecule has 1 aliphatic rings. The van der Waals surface area contributed by atoms with Gasteiger partial charge in [0.05, 0.1) is 18.0 Å². The fourth-order valence-corrected chi connectivity index (χ4v) is 6.90. The van der Waals surface area contributed by atoms with Crippen LogP contribution >= 0.6 is 15.9 Å². The summed E-state index contributed by atoms with van der Waals surface area (Å²) in [5.74, 6) is -0.884. The van der Waals surface area contributed by atoms with Gasteiger partial charge in [0.1, 0.15) is 22.6 Å². The molecule has 0 saturated carbocycles. The number of benzene rings is 2. The number of fused-ring (bicyclic) bond motifs is 1. The molecule has 0 radical (unpaired) electrons. The van der Waals surface area contributed by atoms with E-state index in [1.54, 1.807) is 19.9 Å². The molecule has 0 unspecified atom stereocenters. The second kappa shape index (κ2) is 9.96. The fourth-order valence-electron chi connectivity index (χ4n) is 3.56. The van der Waals surface area contributed by atoms with Crippen LogP contribution in [0.25, 0.3) is 0 Å². The Kier molecular flexibility index (Phi) is 7.86. The van der Waals surface area contributed by atoms with Crippen molar-refractivity contribution < 1.29 is 31.1 Å². The maximum atomic E-state index is 13.3. The Labute approximate surface area is 202 Å². The molecule has 2 aromatic carbocycles. The van der Waals surface area contributed by atoms with Gasteiger partial charge in [-0.25, -0.2) is 21.2 Å². The van der Waals surface area contributed by atoms with Crippen molar-refractivity contribution in [3.05, 3.63) is 52.8 Å². The minimum atomic E-state index is -3.97. The van der Waals surface area contributed by atoms with Gasteiger partial charge in [-0.2, -0.15) is 8.61 Å². The van der Waals surface area contributed by atoms with Crippen molar-refractivity contribution in [2.24, 2.45) is 5.92 Å². The summed E-state index contributed by atoms with van der Waals surface area (Å²) in [7, 11) is -6.52. The molecule has 0 aromatic heterocycles. The van der Waals surface area contributed by atoms with Gasteiger partial charge in [0.2, 0.25) is 20.0 Å². The average molecular weight is 565 g/mol. The number of hydrogen-bond acceptors (Lipinski definition) is 6. The maximum absolute atomic E-state index is 13.3. The van der Waals surface area contributed by atoms with Crippen LogP contribution in [0, 0.1) is 11.7 Å². The van der Waals surface area contributed by atoms with E-state index in [0.717, 1.165) is 16.4 Å². The van der Waals surface area contributed by atoms with E-state index in [2.05, 4.69) is 15.9 Å². The molecule has 1 N–H and O–H groups in total. The second-order valence-electron chi connectivity index (χ2n) is 8.07. The molecule has 8 nitrogen and oxygen atoms in total. The molecule has 33 heavy (non-hydrogen) atoms. The second-order valence-corrected chi connectivity index (χ2v) is 12.9. The Balaban J connectivity index is 2.00. The van der Waals surface area contributed by atoms with Crippen LogP contribution in [0.15, 0.2) is 56.7 Å². The Morgan fingerprint density at radius 1 is 1.27 bits per heavy atom. The van der Waals surface area contributed by atoms with E-state index in [1.165, 1.54) is 35.6 Å². The lowest BCUT2D eigenvalue weighted by molar-refractivity contribution is 0.0904. The van der Waals surface area contributed by atoms with Crippen molar-refractivity contribution in [3.8, 4) is 5.75 Å². The molecule has 1 aliphatic heterocycles. The molecule has 3 rings (SSSR count). The summed E-state index contributed by atoms with van der Waals surface area (Å²) < 4.78 is 74.9. The standard InChI is InChI=1S/C21H26BrFN2O6S2/c1-14-11-25(15(2)13-26)33(29,30)21-9-4-16(22)10-19(21)31-20(14)12-24(3)32(27,28)18-7-5-17(23)6-8-18/h4-10,14-15,20,26H,11-13H2,1-3H3/t14-,15-,20+/m1/s1. The van der Waals surface area contributed by atoms with E-state index in [1.807, 2.05) is 0 Å². The van der Waals surface area contributed by atoms with E-state index in [4.69, 9.17) is 4.74 Å². The van der Waals surface area contributed by atoms with E-state index in [-0.39, 0.29) is 35.2 Å². The van der Waals surface area contributed by atoms with Crippen LogP contribution in [0.2, 0.25) is 0 Å². The lowest BCUT2D eigenvalue weighted by atomic mass is 10.0. The van der Waals surface area contributed by atoms with Crippen LogP contribution in [-0.2, 0) is 20.0 Å². The number of rotatable bonds is 6. The van der Waals surface area contributed by atoms with Crippen LogP contribution in [0.1, 0.15) is 13.8 Å². The van der Waals surface area contributed by atoms with Crippen LogP contribution in [-0.4, -0.2) is 69.4 Å². The van der Waals surface area contributed by atoms with Gasteiger partial charge in [-0.3, -0.25) is 0 Å². The lowest BCUT2D eigenvalue weighted by Gasteiger charge is -2.37. The third-order valence-corrected chi connectivity index (χ3v) is 9.94. The summed E-state index contributed by atoms with van der Waals surface area (Å²) in [5, 5.41) is 9.66. The number of ether oxygens (including phenoxy) is 1. The van der Waals surface area contributed by atoms with Crippen LogP contribution in [0.3, 0.4) is 0 Å². The number of likely N-dealkylation sites (N-methyl/N-ethyl adjacent to an activating group) is 1. The fraction of sp³-hybridized carbons (Fsp3) is 0.429. The first kappa shape index (κ1) is 26.0. The number of aliphatic hydroxyl groups excluding tert-OH is 1. The molecule has 0 bridgehead atoms. The van der Waals surface area contributed by atoms with Gasteiger partial charge in [0, 0.05) is 30.0 Å². The van der Waals surface area contributed by atoms with Gasteiger partial charge in [-0.15, -0.1) is 0 Å². The highest BCUT2D eigenvalue weighted by molar-refractivity contribution is 9.10. The topological polar surface area (TPSA) is 104 Å². The number of hydrogen-bond donors (Lipinski definition) is 1. The first-order chi connectivity index (χ1) is 15.4. The quantitative estimate of drug-likeness (QED) is 0.578. The first-order valence-corrected chi connectivity index (χ1v) is 13.9. The molecule has 0 fully saturated rings. The molecule has 3 atom stereocenters. The van der Waals surface area contributed by atoms with Gasteiger partial charge in [-0.05, 0) is 49.4 Å². The number of sulfonamides is 2. The van der Waals surface area contributed by atoms with Gasteiger partial charge >= 0.3 is 0 Å². The van der Waals surface area contributed by atoms with Crippen molar-refractivity contribution in [2.45, 2.75) is 35.8 Å². The SMILES string of the molecule is C[C@@H]1CN([C@H](C)CO)S(=O)(=O)c2ccc(Br)cc2O[C@H]1CN(C)S(=O)(=O)c1ccc(F)cc1. The molecule has 0 amide bonds. The normalized spacial score (nSPS) is 22.2. The van der Waals surface area contributed by atoms with Crippen molar-refractivity contribution >= 4 is 36.0 Å². The molecule has 1 heterocycles. The molecule has 182 valence electrons. The van der Waals surface area contributed by atoms with E-state index in [9.17, 15) is 26.3 Å². The van der Waals surface area contributed by atoms with E-state index in [0.29, 0.717) is 4.47 Å². The highest BCUT2D eigenvalue weighted by Gasteiger charge is 2.39. The van der Waals surface area contributed by atoms with E-state index >= 15 is 0 Å². The monoisotopic (exact) mass is 564 g/mol. The zero-order valence-corrected chi connectivity index (χ0v) is 21.6. The molecule has 2 aromatic rings. The number of halogens is 2. The molecule has 0 saturated heterocycles. The third-order valence-electron chi connectivity index (χ3n) is 5.59. The minimum Gasteiger partial charge on any atom is -0.487 e. The summed E-state index contributed by atoms with van der Waals surface area (Å²) >= 11 is 3.32. The van der Waals surface area contributed by atoms with Gasteiger partial charge < -0.3 is 9.84 Å². The van der Waals surface area contributed by atoms with Crippen molar-refractivity contribution in [3.63, 3.8) is 0 Å². The summed E-state index contributed by atoms with van der Waals surface area (Å²) in [6.07, 6.45) is -0.706. The van der Waals surface area contributed by atoms with Crippen LogP contribution in [0.5, 0.6) is 5.75 Å². The Morgan fingerprint density at radius 3 is 2.52 bits per heavy atom. The highest BCUT2D eigenvalue weighted by atomic mass is 79.9. The predicted molar refractivity (Wildman–Crippen MR) is 124 cm³/mol. The maximum Gasteiger partial charge on any atom is 0.247 e. The molecular formula is C21H26BrFN2O6S2. The smallest absolute Gasteiger partial charge is 0.247 e. The van der Waals surface area contributed by atoms with Crippen molar-refractivity contribution in [1.29, 1.82) is 0 Å². The Morgan fingerprint density at radius 2 is 1.91 bits per heavy atom. The van der Waals surface area contributed by atoms with Gasteiger partial charge in [0.15, 0.2) is 0 Å². The molecule has 0 spiro atoms. The zero-order chi connectivity index (χ0) is 24.6. The largest absolute Gasteiger partial charge is 0.487 e. The number of aliphatic hydroxyl groups is 1. The minimum absolute atomic E-state index is 0.0225. The summed E-state index contributed by atoms with van der Waals surface area (Å²) in [5.41, 5.74) is 0. The van der Waals surface area contributed by atoms with Gasteiger partial charge in [0.25, 0.3) is 0 Å². The highest BCUT2D eigenvalue weighted by Crippen LogP contribution is 2.35. The molecular weight excluding hydrogens is 539 g/mol. The molecule has 12 heteroatoms. The number of nitrogens with zero attached hydrogens (tertiary/aromatic N) is 2. The van der Waals surface area contributed by atoms with E-state index < -0.39 is 43.9 Å². The first-order valence-electron chi connectivity index (χ1n) is 10.2. The Hall–Kier alpha value is -1.57. The molecule has 0 aliphatic carbocycles. The van der Waals surface area contributed by atoms with Crippen LogP contribution in [0.4, 0.5) is 4.39 Å². The predicted octanol–water partition coefficient (Wildman–Crippen LogP) is 2.68. The third kappa shape index (κ3) is 5.41.